The Morgan fingerprint density at radius 1 is 1.38 bits per heavy atom. The number of halogens is 1. The maximum absolute atomic E-state index is 12.4. The highest BCUT2D eigenvalue weighted by Crippen LogP contribution is 2.14. The van der Waals surface area contributed by atoms with Gasteiger partial charge in [-0.1, -0.05) is 11.6 Å². The molecule has 0 saturated carbocycles. The Hall–Kier alpha value is -2.16. The summed E-state index contributed by atoms with van der Waals surface area (Å²) in [6, 6.07) is 3.04. The number of nitrogens with one attached hydrogen (secondary N) is 1. The minimum Gasteiger partial charge on any atom is -0.493 e. The average Bonchev–Trinajstić information content (AvgIpc) is 2.57. The molecule has 8 nitrogen and oxygen atoms in total. The van der Waals surface area contributed by atoms with Gasteiger partial charge in [0.25, 0.3) is 11.5 Å². The van der Waals surface area contributed by atoms with Crippen molar-refractivity contribution in [3.05, 3.63) is 39.3 Å². The Bertz CT molecular complexity index is 817. The van der Waals surface area contributed by atoms with Gasteiger partial charge in [-0.15, -0.1) is 0 Å². The molecule has 3 rings (SSSR count). The van der Waals surface area contributed by atoms with Crippen LogP contribution in [0.25, 0.3) is 5.65 Å². The molecular formula is C15H17ClN4O4. The van der Waals surface area contributed by atoms with Crippen molar-refractivity contribution in [3.8, 4) is 5.88 Å². The van der Waals surface area contributed by atoms with Crippen molar-refractivity contribution in [3.63, 3.8) is 0 Å². The Kier molecular flexibility index (Phi) is 4.98. The van der Waals surface area contributed by atoms with Gasteiger partial charge in [0.1, 0.15) is 5.65 Å². The molecule has 1 saturated heterocycles. The summed E-state index contributed by atoms with van der Waals surface area (Å²) in [5.74, 6) is -1.25. The maximum Gasteiger partial charge on any atom is 0.274 e. The predicted molar refractivity (Wildman–Crippen MR) is 87.7 cm³/mol. The van der Waals surface area contributed by atoms with Gasteiger partial charge in [-0.2, -0.15) is 4.98 Å². The predicted octanol–water partition coefficient (Wildman–Crippen LogP) is 0.116. The summed E-state index contributed by atoms with van der Waals surface area (Å²) in [4.78, 5) is 30.7. The summed E-state index contributed by atoms with van der Waals surface area (Å²) in [5, 5.41) is 12.9. The molecule has 0 radical (unpaired) electrons. The number of ether oxygens (including phenoxy) is 1. The number of carbonyl (C=O) groups is 1. The lowest BCUT2D eigenvalue weighted by Gasteiger charge is -2.26. The molecule has 1 aliphatic rings. The van der Waals surface area contributed by atoms with E-state index in [-0.39, 0.29) is 5.65 Å². The zero-order valence-electron chi connectivity index (χ0n) is 12.9. The van der Waals surface area contributed by atoms with Crippen LogP contribution in [0.5, 0.6) is 5.88 Å². The van der Waals surface area contributed by atoms with Crippen LogP contribution in [0.3, 0.4) is 0 Å². The van der Waals surface area contributed by atoms with E-state index < -0.39 is 22.9 Å². The van der Waals surface area contributed by atoms with Crippen LogP contribution in [0.15, 0.2) is 23.1 Å². The van der Waals surface area contributed by atoms with Gasteiger partial charge >= 0.3 is 0 Å². The molecule has 0 atom stereocenters. The number of aromatic nitrogens is 2. The average molecular weight is 353 g/mol. The molecule has 9 heteroatoms. The highest BCUT2D eigenvalue weighted by molar-refractivity contribution is 6.30. The first-order chi connectivity index (χ1) is 11.6. The van der Waals surface area contributed by atoms with Gasteiger partial charge in [0, 0.05) is 32.4 Å². The van der Waals surface area contributed by atoms with Crippen LogP contribution < -0.4 is 10.9 Å². The first kappa shape index (κ1) is 16.7. The SMILES string of the molecule is O=C(NCCN1CCOCC1)c1c(O)nc2ccc(Cl)cn2c1=O. The van der Waals surface area contributed by atoms with E-state index >= 15 is 0 Å². The van der Waals surface area contributed by atoms with Crippen molar-refractivity contribution >= 4 is 23.2 Å². The van der Waals surface area contributed by atoms with Gasteiger partial charge in [-0.05, 0) is 12.1 Å². The van der Waals surface area contributed by atoms with E-state index in [1.165, 1.54) is 12.3 Å². The summed E-state index contributed by atoms with van der Waals surface area (Å²) in [5.41, 5.74) is -0.840. The quantitative estimate of drug-likeness (QED) is 0.811. The zero-order valence-corrected chi connectivity index (χ0v) is 13.6. The van der Waals surface area contributed by atoms with E-state index in [0.717, 1.165) is 17.5 Å². The van der Waals surface area contributed by atoms with Crippen LogP contribution >= 0.6 is 11.6 Å². The topological polar surface area (TPSA) is 96.2 Å². The summed E-state index contributed by atoms with van der Waals surface area (Å²) < 4.78 is 6.39. The molecular weight excluding hydrogens is 336 g/mol. The van der Waals surface area contributed by atoms with Crippen molar-refractivity contribution < 1.29 is 14.6 Å². The number of hydrogen-bond donors (Lipinski definition) is 2. The third-order valence-corrected chi connectivity index (χ3v) is 4.04. The molecule has 2 aromatic heterocycles. The number of morpholine rings is 1. The Morgan fingerprint density at radius 3 is 2.88 bits per heavy atom. The van der Waals surface area contributed by atoms with Gasteiger partial charge in [0.15, 0.2) is 5.56 Å². The zero-order chi connectivity index (χ0) is 17.1. The second-order valence-electron chi connectivity index (χ2n) is 5.40. The third kappa shape index (κ3) is 3.50. The molecule has 0 aromatic carbocycles. The van der Waals surface area contributed by atoms with Crippen LogP contribution in [0.2, 0.25) is 5.02 Å². The van der Waals surface area contributed by atoms with Gasteiger partial charge in [0.05, 0.1) is 18.2 Å². The van der Waals surface area contributed by atoms with E-state index in [2.05, 4.69) is 15.2 Å². The van der Waals surface area contributed by atoms with Crippen molar-refractivity contribution in [2.75, 3.05) is 39.4 Å². The van der Waals surface area contributed by atoms with Crippen LogP contribution in [0, 0.1) is 0 Å². The summed E-state index contributed by atoms with van der Waals surface area (Å²) >= 11 is 5.87. The van der Waals surface area contributed by atoms with Crippen LogP contribution in [0.1, 0.15) is 10.4 Å². The number of nitrogens with zero attached hydrogens (tertiary/aromatic N) is 3. The van der Waals surface area contributed by atoms with Gasteiger partial charge < -0.3 is 15.2 Å². The lowest BCUT2D eigenvalue weighted by Crippen LogP contribution is -2.42. The fourth-order valence-corrected chi connectivity index (χ4v) is 2.70. The minimum atomic E-state index is -0.663. The second-order valence-corrected chi connectivity index (χ2v) is 5.84. The lowest BCUT2D eigenvalue weighted by atomic mass is 10.2. The highest BCUT2D eigenvalue weighted by atomic mass is 35.5. The molecule has 0 unspecified atom stereocenters. The minimum absolute atomic E-state index is 0.215. The molecule has 128 valence electrons. The Balaban J connectivity index is 1.75. The molecule has 2 aromatic rings. The van der Waals surface area contributed by atoms with Crippen LogP contribution in [-0.4, -0.2) is 64.7 Å². The molecule has 2 N–H and O–H groups in total. The summed E-state index contributed by atoms with van der Waals surface area (Å²) in [6.45, 7) is 3.95. The number of hydrogen-bond acceptors (Lipinski definition) is 6. The second kappa shape index (κ2) is 7.16. The van der Waals surface area contributed by atoms with Crippen molar-refractivity contribution in [2.45, 2.75) is 0 Å². The van der Waals surface area contributed by atoms with Gasteiger partial charge in [-0.25, -0.2) is 0 Å². The monoisotopic (exact) mass is 352 g/mol. The number of aromatic hydroxyl groups is 1. The van der Waals surface area contributed by atoms with E-state index in [4.69, 9.17) is 16.3 Å². The van der Waals surface area contributed by atoms with Crippen molar-refractivity contribution in [1.82, 2.24) is 19.6 Å². The number of pyridine rings is 1. The molecule has 24 heavy (non-hydrogen) atoms. The number of carbonyl (C=O) groups excluding carboxylic acids is 1. The molecule has 1 fully saturated rings. The third-order valence-electron chi connectivity index (χ3n) is 3.81. The summed E-state index contributed by atoms with van der Waals surface area (Å²) in [7, 11) is 0. The standard InChI is InChI=1S/C15H17ClN4O4/c16-10-1-2-11-18-14(22)12(15(23)20(11)9-10)13(21)17-3-4-19-5-7-24-8-6-19/h1-2,9,22H,3-8H2,(H,17,21). The fourth-order valence-electron chi connectivity index (χ4n) is 2.54. The van der Waals surface area contributed by atoms with E-state index in [9.17, 15) is 14.7 Å². The molecule has 1 amide bonds. The summed E-state index contributed by atoms with van der Waals surface area (Å²) in [6.07, 6.45) is 1.36. The van der Waals surface area contributed by atoms with E-state index in [1.54, 1.807) is 6.07 Å². The molecule has 0 bridgehead atoms. The van der Waals surface area contributed by atoms with E-state index in [1.807, 2.05) is 0 Å². The van der Waals surface area contributed by atoms with Crippen molar-refractivity contribution in [2.24, 2.45) is 0 Å². The molecule has 0 aliphatic carbocycles. The number of amides is 1. The van der Waals surface area contributed by atoms with Crippen LogP contribution in [-0.2, 0) is 4.74 Å². The van der Waals surface area contributed by atoms with E-state index in [0.29, 0.717) is 31.3 Å². The smallest absolute Gasteiger partial charge is 0.274 e. The molecule has 1 aliphatic heterocycles. The highest BCUT2D eigenvalue weighted by Gasteiger charge is 2.20. The Morgan fingerprint density at radius 2 is 2.12 bits per heavy atom. The lowest BCUT2D eigenvalue weighted by molar-refractivity contribution is 0.0383. The van der Waals surface area contributed by atoms with Gasteiger partial charge in [-0.3, -0.25) is 18.9 Å². The fraction of sp³-hybridized carbons (Fsp3) is 0.400. The molecule has 0 spiro atoms. The normalized spacial score (nSPS) is 15.5. The number of rotatable bonds is 4. The van der Waals surface area contributed by atoms with Crippen molar-refractivity contribution in [1.29, 1.82) is 0 Å². The number of fused-ring (bicyclic) bond motifs is 1. The first-order valence-electron chi connectivity index (χ1n) is 7.55. The maximum atomic E-state index is 12.4. The molecule has 3 heterocycles. The van der Waals surface area contributed by atoms with Crippen LogP contribution in [0.4, 0.5) is 0 Å². The largest absolute Gasteiger partial charge is 0.493 e. The first-order valence-corrected chi connectivity index (χ1v) is 7.93. The van der Waals surface area contributed by atoms with Gasteiger partial charge in [0.2, 0.25) is 5.88 Å². The Labute approximate surface area is 142 Å².